The second-order valence-corrected chi connectivity index (χ2v) is 5.26. The molecule has 2 rings (SSSR count). The van der Waals surface area contributed by atoms with Crippen molar-refractivity contribution in [2.75, 3.05) is 5.32 Å². The van der Waals surface area contributed by atoms with Crippen molar-refractivity contribution >= 4 is 50.7 Å². The number of hydrogen-bond acceptors (Lipinski definition) is 1. The van der Waals surface area contributed by atoms with Crippen LogP contribution in [-0.2, 0) is 0 Å². The second kappa shape index (κ2) is 5.74. The molecule has 5 heteroatoms. The highest BCUT2D eigenvalue weighted by Crippen LogP contribution is 2.25. The molecule has 1 N–H and O–H groups in total. The number of benzene rings is 2. The van der Waals surface area contributed by atoms with Crippen LogP contribution in [0.1, 0.15) is 10.4 Å². The lowest BCUT2D eigenvalue weighted by Gasteiger charge is -2.08. The van der Waals surface area contributed by atoms with Crippen molar-refractivity contribution in [2.45, 2.75) is 0 Å². The van der Waals surface area contributed by atoms with E-state index in [1.807, 2.05) is 0 Å². The number of carbonyl (C=O) groups is 1. The van der Waals surface area contributed by atoms with Crippen molar-refractivity contribution in [3.63, 3.8) is 0 Å². The van der Waals surface area contributed by atoms with Gasteiger partial charge in [-0.3, -0.25) is 4.79 Å². The molecule has 0 fully saturated rings. The van der Waals surface area contributed by atoms with E-state index in [1.54, 1.807) is 42.5 Å². The standard InChI is InChI=1S/C13H8BrCl2NO/c14-10-7-8(15)5-6-9(10)13(18)17-12-4-2-1-3-11(12)16/h1-7H,(H,17,18). The summed E-state index contributed by atoms with van der Waals surface area (Å²) in [7, 11) is 0. The van der Waals surface area contributed by atoms with Gasteiger partial charge < -0.3 is 5.32 Å². The van der Waals surface area contributed by atoms with Gasteiger partial charge in [0.25, 0.3) is 5.91 Å². The van der Waals surface area contributed by atoms with E-state index in [9.17, 15) is 4.79 Å². The van der Waals surface area contributed by atoms with E-state index in [1.165, 1.54) is 0 Å². The monoisotopic (exact) mass is 343 g/mol. The number of hydrogen-bond donors (Lipinski definition) is 1. The lowest BCUT2D eigenvalue weighted by Crippen LogP contribution is -2.12. The molecule has 0 saturated heterocycles. The van der Waals surface area contributed by atoms with Crippen molar-refractivity contribution in [3.8, 4) is 0 Å². The minimum atomic E-state index is -0.244. The molecule has 0 aromatic heterocycles. The molecule has 18 heavy (non-hydrogen) atoms. The summed E-state index contributed by atoms with van der Waals surface area (Å²) < 4.78 is 0.638. The number of halogens is 3. The van der Waals surface area contributed by atoms with Crippen molar-refractivity contribution in [3.05, 3.63) is 62.5 Å². The first-order chi connectivity index (χ1) is 8.58. The Morgan fingerprint density at radius 3 is 2.50 bits per heavy atom. The molecule has 2 nitrogen and oxygen atoms in total. The number of anilines is 1. The number of nitrogens with one attached hydrogen (secondary N) is 1. The lowest BCUT2D eigenvalue weighted by atomic mass is 10.2. The van der Waals surface area contributed by atoms with Crippen LogP contribution in [0.3, 0.4) is 0 Å². The normalized spacial score (nSPS) is 10.2. The van der Waals surface area contributed by atoms with Crippen molar-refractivity contribution in [1.82, 2.24) is 0 Å². The van der Waals surface area contributed by atoms with Crippen LogP contribution in [0, 0.1) is 0 Å². The first kappa shape index (κ1) is 13.4. The summed E-state index contributed by atoms with van der Waals surface area (Å²) in [6, 6.07) is 12.0. The highest BCUT2D eigenvalue weighted by molar-refractivity contribution is 9.10. The van der Waals surface area contributed by atoms with Gasteiger partial charge in [0.15, 0.2) is 0 Å². The molecule has 0 aliphatic heterocycles. The summed E-state index contributed by atoms with van der Waals surface area (Å²) in [6.45, 7) is 0. The summed E-state index contributed by atoms with van der Waals surface area (Å²) >= 11 is 15.1. The van der Waals surface area contributed by atoms with Gasteiger partial charge >= 0.3 is 0 Å². The molecule has 1 amide bonds. The Morgan fingerprint density at radius 1 is 1.11 bits per heavy atom. The smallest absolute Gasteiger partial charge is 0.256 e. The predicted molar refractivity (Wildman–Crippen MR) is 78.6 cm³/mol. The number of amides is 1. The van der Waals surface area contributed by atoms with Gasteiger partial charge in [0, 0.05) is 9.50 Å². The Hall–Kier alpha value is -1.03. The van der Waals surface area contributed by atoms with E-state index >= 15 is 0 Å². The largest absolute Gasteiger partial charge is 0.321 e. The molecule has 0 bridgehead atoms. The van der Waals surface area contributed by atoms with Crippen LogP contribution in [0.5, 0.6) is 0 Å². The molecular formula is C13H8BrCl2NO. The zero-order chi connectivity index (χ0) is 13.1. The third-order valence-electron chi connectivity index (χ3n) is 2.30. The minimum Gasteiger partial charge on any atom is -0.321 e. The summed E-state index contributed by atoms with van der Waals surface area (Å²) in [6.07, 6.45) is 0. The average molecular weight is 345 g/mol. The molecule has 2 aromatic rings. The topological polar surface area (TPSA) is 29.1 Å². The van der Waals surface area contributed by atoms with Crippen LogP contribution < -0.4 is 5.32 Å². The van der Waals surface area contributed by atoms with Crippen LogP contribution in [0.2, 0.25) is 10.0 Å². The van der Waals surface area contributed by atoms with E-state index in [4.69, 9.17) is 23.2 Å². The van der Waals surface area contributed by atoms with Crippen molar-refractivity contribution in [1.29, 1.82) is 0 Å². The highest BCUT2D eigenvalue weighted by Gasteiger charge is 2.11. The first-order valence-corrected chi connectivity index (χ1v) is 6.64. The molecular weight excluding hydrogens is 337 g/mol. The number of para-hydroxylation sites is 1. The molecule has 0 unspecified atom stereocenters. The van der Waals surface area contributed by atoms with Crippen LogP contribution in [0.25, 0.3) is 0 Å². The fourth-order valence-electron chi connectivity index (χ4n) is 1.43. The zero-order valence-corrected chi connectivity index (χ0v) is 12.2. The van der Waals surface area contributed by atoms with Gasteiger partial charge in [0.05, 0.1) is 16.3 Å². The van der Waals surface area contributed by atoms with Gasteiger partial charge in [-0.05, 0) is 46.3 Å². The number of carbonyl (C=O) groups excluding carboxylic acids is 1. The maximum absolute atomic E-state index is 12.1. The molecule has 0 aliphatic carbocycles. The van der Waals surface area contributed by atoms with Gasteiger partial charge in [-0.15, -0.1) is 0 Å². The maximum atomic E-state index is 12.1. The van der Waals surface area contributed by atoms with E-state index in [2.05, 4.69) is 21.2 Å². The summed E-state index contributed by atoms with van der Waals surface area (Å²) in [5.74, 6) is -0.244. The fraction of sp³-hybridized carbons (Fsp3) is 0. The molecule has 0 aliphatic rings. The molecule has 0 atom stereocenters. The number of rotatable bonds is 2. The lowest BCUT2D eigenvalue weighted by molar-refractivity contribution is 0.102. The van der Waals surface area contributed by atoms with Gasteiger partial charge in [-0.25, -0.2) is 0 Å². The summed E-state index contributed by atoms with van der Waals surface area (Å²) in [5, 5.41) is 3.80. The Bertz CT molecular complexity index is 601. The maximum Gasteiger partial charge on any atom is 0.256 e. The fourth-order valence-corrected chi connectivity index (χ4v) is 2.47. The van der Waals surface area contributed by atoms with Crippen LogP contribution in [0.4, 0.5) is 5.69 Å². The van der Waals surface area contributed by atoms with Crippen molar-refractivity contribution < 1.29 is 4.79 Å². The second-order valence-electron chi connectivity index (χ2n) is 3.56. The minimum absolute atomic E-state index is 0.244. The van der Waals surface area contributed by atoms with Gasteiger partial charge in [0.2, 0.25) is 0 Å². The Balaban J connectivity index is 2.25. The van der Waals surface area contributed by atoms with E-state index in [0.29, 0.717) is 25.8 Å². The van der Waals surface area contributed by atoms with Gasteiger partial charge in [-0.2, -0.15) is 0 Å². The Morgan fingerprint density at radius 2 is 1.83 bits per heavy atom. The Labute approximate surface area is 123 Å². The Kier molecular flexibility index (Phi) is 4.27. The molecule has 0 heterocycles. The average Bonchev–Trinajstić information content (AvgIpc) is 2.32. The van der Waals surface area contributed by atoms with Crippen LogP contribution in [-0.4, -0.2) is 5.91 Å². The predicted octanol–water partition coefficient (Wildman–Crippen LogP) is 5.01. The van der Waals surface area contributed by atoms with Crippen LogP contribution >= 0.6 is 39.1 Å². The molecule has 92 valence electrons. The third-order valence-corrected chi connectivity index (χ3v) is 3.52. The summed E-state index contributed by atoms with van der Waals surface area (Å²) in [4.78, 5) is 12.1. The SMILES string of the molecule is O=C(Nc1ccccc1Cl)c1ccc(Cl)cc1Br. The third kappa shape index (κ3) is 3.05. The van der Waals surface area contributed by atoms with Gasteiger partial charge in [0.1, 0.15) is 0 Å². The molecule has 0 saturated carbocycles. The van der Waals surface area contributed by atoms with E-state index in [-0.39, 0.29) is 5.91 Å². The molecule has 2 aromatic carbocycles. The van der Waals surface area contributed by atoms with E-state index in [0.717, 1.165) is 0 Å². The zero-order valence-electron chi connectivity index (χ0n) is 9.08. The first-order valence-electron chi connectivity index (χ1n) is 5.09. The quantitative estimate of drug-likeness (QED) is 0.815. The van der Waals surface area contributed by atoms with Crippen LogP contribution in [0.15, 0.2) is 46.9 Å². The van der Waals surface area contributed by atoms with Crippen molar-refractivity contribution in [2.24, 2.45) is 0 Å². The summed E-state index contributed by atoms with van der Waals surface area (Å²) in [5.41, 5.74) is 1.07. The van der Waals surface area contributed by atoms with E-state index < -0.39 is 0 Å². The highest BCUT2D eigenvalue weighted by atomic mass is 79.9. The molecule has 0 radical (unpaired) electrons. The molecule has 0 spiro atoms. The van der Waals surface area contributed by atoms with Gasteiger partial charge in [-0.1, -0.05) is 35.3 Å².